The Kier molecular flexibility index (Phi) is 8.29. The van der Waals surface area contributed by atoms with Gasteiger partial charge < -0.3 is 16.8 Å². The summed E-state index contributed by atoms with van der Waals surface area (Å²) >= 11 is 1.30. The number of amides is 2. The van der Waals surface area contributed by atoms with Crippen LogP contribution in [0.1, 0.15) is 13.8 Å². The zero-order valence-electron chi connectivity index (χ0n) is 11.5. The summed E-state index contributed by atoms with van der Waals surface area (Å²) in [6, 6.07) is 7.06. The van der Waals surface area contributed by atoms with Crippen LogP contribution in [0.5, 0.6) is 0 Å². The molecular formula is C13H20ClN3O2S. The van der Waals surface area contributed by atoms with Crippen molar-refractivity contribution in [3.8, 4) is 0 Å². The highest BCUT2D eigenvalue weighted by atomic mass is 35.5. The number of hydrogen-bond donors (Lipinski definition) is 3. The van der Waals surface area contributed by atoms with E-state index in [2.05, 4.69) is 5.32 Å². The van der Waals surface area contributed by atoms with Gasteiger partial charge in [0, 0.05) is 10.9 Å². The SMILES string of the molecule is CC(N)C(C)C(=O)Nc1ccccc1SCC(N)=O.Cl. The number of benzene rings is 1. The molecule has 2 unspecified atom stereocenters. The van der Waals surface area contributed by atoms with Crippen LogP contribution >= 0.6 is 24.2 Å². The molecular weight excluding hydrogens is 298 g/mol. The average Bonchev–Trinajstić information content (AvgIpc) is 2.36. The minimum Gasteiger partial charge on any atom is -0.369 e. The molecule has 0 heterocycles. The van der Waals surface area contributed by atoms with E-state index < -0.39 is 5.91 Å². The van der Waals surface area contributed by atoms with E-state index in [1.54, 1.807) is 19.9 Å². The Labute approximate surface area is 129 Å². The number of para-hydroxylation sites is 1. The van der Waals surface area contributed by atoms with Crippen molar-refractivity contribution < 1.29 is 9.59 Å². The van der Waals surface area contributed by atoms with Crippen molar-refractivity contribution in [1.82, 2.24) is 0 Å². The Morgan fingerprint density at radius 3 is 2.45 bits per heavy atom. The maximum Gasteiger partial charge on any atom is 0.228 e. The van der Waals surface area contributed by atoms with Crippen LogP contribution in [0.3, 0.4) is 0 Å². The summed E-state index contributed by atoms with van der Waals surface area (Å²) < 4.78 is 0. The first-order valence-corrected chi connectivity index (χ1v) is 6.97. The lowest BCUT2D eigenvalue weighted by molar-refractivity contribution is -0.119. The summed E-state index contributed by atoms with van der Waals surface area (Å²) in [6.07, 6.45) is 0. The van der Waals surface area contributed by atoms with Crippen molar-refractivity contribution in [2.24, 2.45) is 17.4 Å². The first kappa shape index (κ1) is 18.8. The molecule has 0 bridgehead atoms. The second-order valence-electron chi connectivity index (χ2n) is 4.39. The summed E-state index contributed by atoms with van der Waals surface area (Å²) in [7, 11) is 0. The molecule has 5 nitrogen and oxygen atoms in total. The Morgan fingerprint density at radius 1 is 1.30 bits per heavy atom. The number of carbonyl (C=O) groups excluding carboxylic acids is 2. The van der Waals surface area contributed by atoms with Crippen LogP contribution in [0.2, 0.25) is 0 Å². The normalized spacial score (nSPS) is 12.9. The molecule has 0 fully saturated rings. The van der Waals surface area contributed by atoms with Gasteiger partial charge in [0.05, 0.1) is 17.4 Å². The number of rotatable bonds is 6. The van der Waals surface area contributed by atoms with Gasteiger partial charge in [0.25, 0.3) is 0 Å². The Hall–Kier alpha value is -1.24. The highest BCUT2D eigenvalue weighted by Crippen LogP contribution is 2.27. The van der Waals surface area contributed by atoms with Crippen LogP contribution in [-0.2, 0) is 9.59 Å². The number of carbonyl (C=O) groups is 2. The second kappa shape index (κ2) is 8.84. The van der Waals surface area contributed by atoms with Crippen molar-refractivity contribution in [1.29, 1.82) is 0 Å². The van der Waals surface area contributed by atoms with Gasteiger partial charge in [0.15, 0.2) is 0 Å². The lowest BCUT2D eigenvalue weighted by Crippen LogP contribution is -2.34. The summed E-state index contributed by atoms with van der Waals surface area (Å²) in [4.78, 5) is 23.6. The van der Waals surface area contributed by atoms with E-state index in [-0.39, 0.29) is 36.0 Å². The van der Waals surface area contributed by atoms with Gasteiger partial charge in [0.1, 0.15) is 0 Å². The molecule has 1 rings (SSSR count). The van der Waals surface area contributed by atoms with Gasteiger partial charge in [-0.2, -0.15) is 0 Å². The van der Waals surface area contributed by atoms with Crippen molar-refractivity contribution in [2.45, 2.75) is 24.8 Å². The predicted octanol–water partition coefficient (Wildman–Crippen LogP) is 1.61. The van der Waals surface area contributed by atoms with Crippen LogP contribution in [0.25, 0.3) is 0 Å². The third-order valence-electron chi connectivity index (χ3n) is 2.72. The van der Waals surface area contributed by atoms with Gasteiger partial charge >= 0.3 is 0 Å². The Balaban J connectivity index is 0.00000361. The molecule has 0 aromatic heterocycles. The smallest absolute Gasteiger partial charge is 0.228 e. The van der Waals surface area contributed by atoms with Crippen molar-refractivity contribution in [3.63, 3.8) is 0 Å². The third kappa shape index (κ3) is 5.81. The van der Waals surface area contributed by atoms with E-state index in [0.717, 1.165) is 4.90 Å². The van der Waals surface area contributed by atoms with Crippen molar-refractivity contribution in [3.05, 3.63) is 24.3 Å². The lowest BCUT2D eigenvalue weighted by atomic mass is 10.0. The summed E-state index contributed by atoms with van der Waals surface area (Å²) in [5.41, 5.74) is 11.5. The number of halogens is 1. The maximum atomic E-state index is 12.0. The van der Waals surface area contributed by atoms with Crippen LogP contribution < -0.4 is 16.8 Å². The maximum absolute atomic E-state index is 12.0. The third-order valence-corrected chi connectivity index (χ3v) is 3.81. The zero-order chi connectivity index (χ0) is 14.4. The van der Waals surface area contributed by atoms with E-state index in [0.29, 0.717) is 5.69 Å². The summed E-state index contributed by atoms with van der Waals surface area (Å²) in [5.74, 6) is -0.637. The summed E-state index contributed by atoms with van der Waals surface area (Å²) in [6.45, 7) is 3.57. The number of hydrogen-bond acceptors (Lipinski definition) is 4. The first-order valence-electron chi connectivity index (χ1n) is 5.98. The molecule has 20 heavy (non-hydrogen) atoms. The van der Waals surface area contributed by atoms with Crippen molar-refractivity contribution >= 4 is 41.7 Å². The highest BCUT2D eigenvalue weighted by molar-refractivity contribution is 8.00. The van der Waals surface area contributed by atoms with Gasteiger partial charge in [-0.05, 0) is 19.1 Å². The molecule has 0 radical (unpaired) electrons. The molecule has 0 saturated heterocycles. The molecule has 0 saturated carbocycles. The van der Waals surface area contributed by atoms with E-state index in [9.17, 15) is 9.59 Å². The van der Waals surface area contributed by atoms with E-state index in [4.69, 9.17) is 11.5 Å². The van der Waals surface area contributed by atoms with E-state index in [1.807, 2.05) is 18.2 Å². The minimum absolute atomic E-state index is 0. The number of primary amides is 1. The highest BCUT2D eigenvalue weighted by Gasteiger charge is 2.18. The van der Waals surface area contributed by atoms with Crippen LogP contribution in [0.15, 0.2) is 29.2 Å². The molecule has 2 atom stereocenters. The molecule has 7 heteroatoms. The molecule has 0 spiro atoms. The fourth-order valence-electron chi connectivity index (χ4n) is 1.33. The lowest BCUT2D eigenvalue weighted by Gasteiger charge is -2.16. The molecule has 5 N–H and O–H groups in total. The molecule has 0 aliphatic carbocycles. The molecule has 112 valence electrons. The Morgan fingerprint density at radius 2 is 1.90 bits per heavy atom. The number of nitrogens with two attached hydrogens (primary N) is 2. The monoisotopic (exact) mass is 317 g/mol. The minimum atomic E-state index is -0.393. The first-order chi connectivity index (χ1) is 8.91. The molecule has 0 aliphatic heterocycles. The standard InChI is InChI=1S/C13H19N3O2S.ClH/c1-8(9(2)14)13(18)16-10-5-3-4-6-11(10)19-7-12(15)17;/h3-6,8-9H,7,14H2,1-2H3,(H2,15,17)(H,16,18);1H. The quantitative estimate of drug-likeness (QED) is 0.694. The van der Waals surface area contributed by atoms with Crippen molar-refractivity contribution in [2.75, 3.05) is 11.1 Å². The van der Waals surface area contributed by atoms with Crippen LogP contribution in [0.4, 0.5) is 5.69 Å². The van der Waals surface area contributed by atoms with Crippen LogP contribution in [0, 0.1) is 5.92 Å². The van der Waals surface area contributed by atoms with Gasteiger partial charge in [-0.3, -0.25) is 9.59 Å². The van der Waals surface area contributed by atoms with Gasteiger partial charge in [0.2, 0.25) is 11.8 Å². The fourth-order valence-corrected chi connectivity index (χ4v) is 2.08. The van der Waals surface area contributed by atoms with Gasteiger partial charge in [-0.25, -0.2) is 0 Å². The topological polar surface area (TPSA) is 98.2 Å². The number of anilines is 1. The number of thioether (sulfide) groups is 1. The second-order valence-corrected chi connectivity index (χ2v) is 5.41. The fraction of sp³-hybridized carbons (Fsp3) is 0.385. The summed E-state index contributed by atoms with van der Waals surface area (Å²) in [5, 5.41) is 2.82. The van der Waals surface area contributed by atoms with E-state index >= 15 is 0 Å². The molecule has 2 amide bonds. The molecule has 1 aromatic carbocycles. The van der Waals surface area contributed by atoms with E-state index in [1.165, 1.54) is 11.8 Å². The van der Waals surface area contributed by atoms with Gasteiger partial charge in [-0.1, -0.05) is 19.1 Å². The van der Waals surface area contributed by atoms with Crippen LogP contribution in [-0.4, -0.2) is 23.6 Å². The largest absolute Gasteiger partial charge is 0.369 e. The Bertz CT molecular complexity index is 469. The predicted molar refractivity (Wildman–Crippen MR) is 85.1 cm³/mol. The molecule has 1 aromatic rings. The average molecular weight is 318 g/mol. The molecule has 0 aliphatic rings. The number of nitrogens with one attached hydrogen (secondary N) is 1. The van der Waals surface area contributed by atoms with Gasteiger partial charge in [-0.15, -0.1) is 24.2 Å². The zero-order valence-corrected chi connectivity index (χ0v) is 13.1.